The smallest absolute Gasteiger partial charge is 0.145 e. The van der Waals surface area contributed by atoms with Crippen LogP contribution in [0.1, 0.15) is 0 Å². The van der Waals surface area contributed by atoms with Crippen LogP contribution in [0, 0.1) is 0 Å². The lowest BCUT2D eigenvalue weighted by atomic mass is 10.1. The van der Waals surface area contributed by atoms with E-state index in [0.29, 0.717) is 0 Å². The third-order valence-corrected chi connectivity index (χ3v) is 7.27. The van der Waals surface area contributed by atoms with Crippen molar-refractivity contribution >= 4 is 76.5 Å². The van der Waals surface area contributed by atoms with Crippen LogP contribution < -0.4 is 0 Å². The SMILES string of the molecule is c1cnc2c(c1)c1cccc3c4cc5c(cc4n2c31)c1cccc2c3cccnc3n5c12. The number of para-hydroxylation sites is 2. The molecule has 0 saturated heterocycles. The molecule has 0 bridgehead atoms. The first-order valence-corrected chi connectivity index (χ1v) is 10.9. The number of fused-ring (bicyclic) bond motifs is 12. The van der Waals surface area contributed by atoms with Gasteiger partial charge in [0.1, 0.15) is 11.3 Å². The van der Waals surface area contributed by atoms with E-state index in [2.05, 4.69) is 69.5 Å². The van der Waals surface area contributed by atoms with Gasteiger partial charge in [-0.1, -0.05) is 36.4 Å². The second kappa shape index (κ2) is 4.89. The van der Waals surface area contributed by atoms with Crippen molar-refractivity contribution in [2.24, 2.45) is 0 Å². The Kier molecular flexibility index (Phi) is 2.35. The second-order valence-corrected chi connectivity index (χ2v) is 8.71. The van der Waals surface area contributed by atoms with Gasteiger partial charge in [0.25, 0.3) is 0 Å². The zero-order valence-electron chi connectivity index (χ0n) is 16.9. The van der Waals surface area contributed by atoms with Crippen LogP contribution in [0.3, 0.4) is 0 Å². The topological polar surface area (TPSA) is 34.6 Å². The first-order valence-electron chi connectivity index (χ1n) is 10.9. The highest BCUT2D eigenvalue weighted by Crippen LogP contribution is 2.43. The molecule has 6 aromatic heterocycles. The van der Waals surface area contributed by atoms with Gasteiger partial charge in [-0.2, -0.15) is 0 Å². The van der Waals surface area contributed by atoms with Crippen molar-refractivity contribution in [2.45, 2.75) is 0 Å². The lowest BCUT2D eigenvalue weighted by molar-refractivity contribution is 1.26. The van der Waals surface area contributed by atoms with Gasteiger partial charge in [0, 0.05) is 55.5 Å². The molecule has 0 N–H and O–H groups in total. The van der Waals surface area contributed by atoms with Crippen LogP contribution in [0.4, 0.5) is 0 Å². The fourth-order valence-electron chi connectivity index (χ4n) is 6.07. The predicted molar refractivity (Wildman–Crippen MR) is 131 cm³/mol. The molecule has 0 unspecified atom stereocenters. The van der Waals surface area contributed by atoms with Crippen LogP contribution in [-0.2, 0) is 0 Å². The molecular formula is C28H14N4. The lowest BCUT2D eigenvalue weighted by Crippen LogP contribution is -1.85. The minimum Gasteiger partial charge on any atom is -0.293 e. The van der Waals surface area contributed by atoms with Gasteiger partial charge in [-0.15, -0.1) is 0 Å². The summed E-state index contributed by atoms with van der Waals surface area (Å²) in [7, 11) is 0. The van der Waals surface area contributed by atoms with E-state index in [1.165, 1.54) is 65.2 Å². The number of pyridine rings is 2. The minimum atomic E-state index is 1.02. The molecule has 32 heavy (non-hydrogen) atoms. The molecule has 0 aliphatic heterocycles. The normalized spacial score (nSPS) is 13.0. The van der Waals surface area contributed by atoms with Crippen molar-refractivity contribution in [3.63, 3.8) is 0 Å². The maximum atomic E-state index is 4.77. The zero-order chi connectivity index (χ0) is 20.6. The summed E-state index contributed by atoms with van der Waals surface area (Å²) in [6.07, 6.45) is 3.78. The summed E-state index contributed by atoms with van der Waals surface area (Å²) in [6.45, 7) is 0. The Morgan fingerprint density at radius 2 is 0.844 bits per heavy atom. The first kappa shape index (κ1) is 15.4. The van der Waals surface area contributed by atoms with Crippen molar-refractivity contribution in [1.82, 2.24) is 18.8 Å². The maximum Gasteiger partial charge on any atom is 0.145 e. The Balaban J connectivity index is 1.63. The molecule has 0 aliphatic rings. The summed E-state index contributed by atoms with van der Waals surface area (Å²) < 4.78 is 4.69. The molecule has 0 aliphatic carbocycles. The van der Waals surface area contributed by atoms with E-state index < -0.39 is 0 Å². The molecule has 0 fully saturated rings. The number of benzene rings is 3. The van der Waals surface area contributed by atoms with Gasteiger partial charge >= 0.3 is 0 Å². The van der Waals surface area contributed by atoms with E-state index in [4.69, 9.17) is 9.97 Å². The number of aromatic nitrogens is 4. The van der Waals surface area contributed by atoms with Gasteiger partial charge in [-0.3, -0.25) is 8.80 Å². The number of hydrogen-bond acceptors (Lipinski definition) is 2. The monoisotopic (exact) mass is 406 g/mol. The van der Waals surface area contributed by atoms with Gasteiger partial charge in [0.15, 0.2) is 0 Å². The Bertz CT molecular complexity index is 2040. The standard InChI is InChI=1S/C28H14N4/c1-5-15-19-9-3-11-29-27(19)31-23-14-22-18-8-2-6-16-20-10-4-12-30-28(20)32(26(16)18)24(22)13-21(23)17(7-1)25(15)31/h1-14H. The van der Waals surface area contributed by atoms with E-state index in [-0.39, 0.29) is 0 Å². The van der Waals surface area contributed by atoms with Crippen LogP contribution in [-0.4, -0.2) is 18.8 Å². The van der Waals surface area contributed by atoms with Crippen molar-refractivity contribution < 1.29 is 0 Å². The van der Waals surface area contributed by atoms with E-state index in [9.17, 15) is 0 Å². The minimum absolute atomic E-state index is 1.02. The van der Waals surface area contributed by atoms with Crippen LogP contribution in [0.2, 0.25) is 0 Å². The third-order valence-electron chi connectivity index (χ3n) is 7.27. The quantitative estimate of drug-likeness (QED) is 0.278. The molecule has 4 nitrogen and oxygen atoms in total. The molecule has 0 radical (unpaired) electrons. The molecule has 146 valence electrons. The van der Waals surface area contributed by atoms with Crippen LogP contribution >= 0.6 is 0 Å². The molecule has 6 heterocycles. The molecule has 9 rings (SSSR count). The third kappa shape index (κ3) is 1.49. The fourth-order valence-corrected chi connectivity index (χ4v) is 6.07. The number of hydrogen-bond donors (Lipinski definition) is 0. The molecule has 3 aromatic carbocycles. The molecule has 4 heteroatoms. The van der Waals surface area contributed by atoms with E-state index in [1.807, 2.05) is 24.5 Å². The highest BCUT2D eigenvalue weighted by Gasteiger charge is 2.22. The molecule has 0 amide bonds. The first-order chi connectivity index (χ1) is 15.9. The van der Waals surface area contributed by atoms with E-state index in [1.54, 1.807) is 0 Å². The highest BCUT2D eigenvalue weighted by atomic mass is 15.0. The molecule has 0 atom stereocenters. The van der Waals surface area contributed by atoms with Crippen molar-refractivity contribution in [3.8, 4) is 0 Å². The lowest BCUT2D eigenvalue weighted by Gasteiger charge is -2.00. The largest absolute Gasteiger partial charge is 0.293 e. The fraction of sp³-hybridized carbons (Fsp3) is 0. The second-order valence-electron chi connectivity index (χ2n) is 8.71. The van der Waals surface area contributed by atoms with Crippen molar-refractivity contribution in [2.75, 3.05) is 0 Å². The Morgan fingerprint density at radius 1 is 0.438 bits per heavy atom. The average Bonchev–Trinajstić information content (AvgIpc) is 3.56. The van der Waals surface area contributed by atoms with Gasteiger partial charge < -0.3 is 0 Å². The summed E-state index contributed by atoms with van der Waals surface area (Å²) >= 11 is 0. The van der Waals surface area contributed by atoms with Gasteiger partial charge in [0.2, 0.25) is 0 Å². The Hall–Kier alpha value is -4.44. The summed E-state index contributed by atoms with van der Waals surface area (Å²) in [4.78, 5) is 9.54. The molecule has 9 aromatic rings. The average molecular weight is 406 g/mol. The summed E-state index contributed by atoms with van der Waals surface area (Å²) in [5, 5.41) is 10.0. The Labute approximate surface area is 180 Å². The van der Waals surface area contributed by atoms with Gasteiger partial charge in [0.05, 0.1) is 22.1 Å². The molecule has 0 spiro atoms. The predicted octanol–water partition coefficient (Wildman–Crippen LogP) is 6.78. The summed E-state index contributed by atoms with van der Waals surface area (Å²) in [5.41, 5.74) is 6.99. The van der Waals surface area contributed by atoms with Gasteiger partial charge in [-0.05, 0) is 36.4 Å². The van der Waals surface area contributed by atoms with Crippen molar-refractivity contribution in [3.05, 3.63) is 85.2 Å². The van der Waals surface area contributed by atoms with Crippen LogP contribution in [0.5, 0.6) is 0 Å². The summed E-state index contributed by atoms with van der Waals surface area (Å²) in [5.74, 6) is 0. The molecular weight excluding hydrogens is 392 g/mol. The molecule has 0 saturated carbocycles. The van der Waals surface area contributed by atoms with E-state index in [0.717, 1.165) is 11.3 Å². The van der Waals surface area contributed by atoms with Crippen LogP contribution in [0.25, 0.3) is 76.5 Å². The van der Waals surface area contributed by atoms with Crippen LogP contribution in [0.15, 0.2) is 85.2 Å². The van der Waals surface area contributed by atoms with E-state index >= 15 is 0 Å². The highest BCUT2D eigenvalue weighted by molar-refractivity contribution is 6.28. The number of rotatable bonds is 0. The zero-order valence-corrected chi connectivity index (χ0v) is 16.9. The summed E-state index contributed by atoms with van der Waals surface area (Å²) in [6, 6.07) is 26.3. The van der Waals surface area contributed by atoms with Gasteiger partial charge in [-0.25, -0.2) is 9.97 Å². The van der Waals surface area contributed by atoms with Crippen molar-refractivity contribution in [1.29, 1.82) is 0 Å². The number of nitrogens with zero attached hydrogens (tertiary/aromatic N) is 4. The Morgan fingerprint density at radius 3 is 1.31 bits per heavy atom. The maximum absolute atomic E-state index is 4.77.